The summed E-state index contributed by atoms with van der Waals surface area (Å²) >= 11 is 12.2. The monoisotopic (exact) mass is 605 g/mol. The minimum Gasteiger partial charge on any atom is -0.494 e. The van der Waals surface area contributed by atoms with Crippen molar-refractivity contribution in [1.29, 1.82) is 0 Å². The molecule has 0 aromatic heterocycles. The number of halogens is 2. The molecular weight excluding hydrogens is 569 g/mol. The quantitative estimate of drug-likeness (QED) is 0.148. The van der Waals surface area contributed by atoms with Gasteiger partial charge in [-0.25, -0.2) is 0 Å². The summed E-state index contributed by atoms with van der Waals surface area (Å²) < 4.78 is 24.8. The SMILES string of the molecule is Clc1ccc(CO[C@H]2CNC[C@@H](OCc3ccc(Cl)cc3)[C@H]2c2ccc(OCCCOCc3ccccc3)cc2)cc1. The molecule has 1 aliphatic heterocycles. The van der Waals surface area contributed by atoms with Crippen molar-refractivity contribution in [1.82, 2.24) is 5.32 Å². The van der Waals surface area contributed by atoms with E-state index in [1.54, 1.807) is 0 Å². The van der Waals surface area contributed by atoms with E-state index in [0.29, 0.717) is 43.1 Å². The molecule has 0 bridgehead atoms. The van der Waals surface area contributed by atoms with Gasteiger partial charge in [0.2, 0.25) is 0 Å². The Balaban J connectivity index is 1.19. The first-order valence-corrected chi connectivity index (χ1v) is 15.2. The normalized spacial score (nSPS) is 18.6. The van der Waals surface area contributed by atoms with E-state index in [0.717, 1.165) is 42.0 Å². The van der Waals surface area contributed by atoms with Crippen LogP contribution in [-0.4, -0.2) is 38.5 Å². The summed E-state index contributed by atoms with van der Waals surface area (Å²) in [5, 5.41) is 4.95. The third-order valence-corrected chi connectivity index (χ3v) is 7.83. The maximum absolute atomic E-state index is 6.49. The molecule has 0 radical (unpaired) electrons. The van der Waals surface area contributed by atoms with Crippen LogP contribution in [0.5, 0.6) is 5.75 Å². The zero-order chi connectivity index (χ0) is 29.0. The fraction of sp³-hybridized carbons (Fsp3) is 0.314. The predicted octanol–water partition coefficient (Wildman–Crippen LogP) is 7.84. The minimum atomic E-state index is -0.0711. The molecule has 1 fully saturated rings. The summed E-state index contributed by atoms with van der Waals surface area (Å²) in [4.78, 5) is 0. The standard InChI is InChI=1S/C35H37Cl2NO4/c36-30-13-7-27(8-14-30)24-41-33-21-38-22-34(42-25-28-9-15-31(37)16-10-28)35(33)29-11-17-32(18-12-29)40-20-4-19-39-23-26-5-2-1-3-6-26/h1-3,5-18,33-35,38H,4,19-25H2/t33-,34+,35-. The summed E-state index contributed by atoms with van der Waals surface area (Å²) in [6.07, 6.45) is 0.681. The Morgan fingerprint density at radius 2 is 1.14 bits per heavy atom. The van der Waals surface area contributed by atoms with E-state index in [-0.39, 0.29) is 18.1 Å². The summed E-state index contributed by atoms with van der Waals surface area (Å²) in [6.45, 7) is 4.34. The van der Waals surface area contributed by atoms with Gasteiger partial charge in [-0.1, -0.05) is 89.9 Å². The summed E-state index contributed by atoms with van der Waals surface area (Å²) in [5.74, 6) is 0.888. The Kier molecular flexibility index (Phi) is 11.7. The van der Waals surface area contributed by atoms with Crippen molar-refractivity contribution in [3.8, 4) is 5.75 Å². The molecule has 42 heavy (non-hydrogen) atoms. The van der Waals surface area contributed by atoms with Gasteiger partial charge in [0.15, 0.2) is 0 Å². The molecule has 5 rings (SSSR count). The van der Waals surface area contributed by atoms with E-state index in [2.05, 4.69) is 29.6 Å². The van der Waals surface area contributed by atoms with Crippen LogP contribution < -0.4 is 10.1 Å². The molecule has 1 aliphatic rings. The lowest BCUT2D eigenvalue weighted by Crippen LogP contribution is -2.50. The van der Waals surface area contributed by atoms with Gasteiger partial charge in [-0.2, -0.15) is 0 Å². The van der Waals surface area contributed by atoms with Crippen molar-refractivity contribution < 1.29 is 18.9 Å². The Labute approximate surface area is 258 Å². The molecule has 0 unspecified atom stereocenters. The van der Waals surface area contributed by atoms with Gasteiger partial charge in [0.05, 0.1) is 45.2 Å². The highest BCUT2D eigenvalue weighted by Crippen LogP contribution is 2.32. The largest absolute Gasteiger partial charge is 0.494 e. The third-order valence-electron chi connectivity index (χ3n) is 7.33. The Morgan fingerprint density at radius 3 is 1.71 bits per heavy atom. The second-order valence-electron chi connectivity index (χ2n) is 10.4. The van der Waals surface area contributed by atoms with E-state index < -0.39 is 0 Å². The highest BCUT2D eigenvalue weighted by atomic mass is 35.5. The number of rotatable bonds is 14. The number of ether oxygens (including phenoxy) is 4. The summed E-state index contributed by atoms with van der Waals surface area (Å²) in [5.41, 5.74) is 4.51. The zero-order valence-electron chi connectivity index (χ0n) is 23.6. The van der Waals surface area contributed by atoms with Gasteiger partial charge in [0.25, 0.3) is 0 Å². The van der Waals surface area contributed by atoms with Gasteiger partial charge < -0.3 is 24.3 Å². The van der Waals surface area contributed by atoms with Crippen LogP contribution in [0.1, 0.15) is 34.6 Å². The molecule has 0 saturated carbocycles. The van der Waals surface area contributed by atoms with E-state index in [1.165, 1.54) is 5.56 Å². The van der Waals surface area contributed by atoms with Crippen LogP contribution in [0.3, 0.4) is 0 Å². The minimum absolute atomic E-state index is 0.0475. The van der Waals surface area contributed by atoms with E-state index >= 15 is 0 Å². The molecule has 0 aliphatic carbocycles. The molecule has 3 atom stereocenters. The molecule has 7 heteroatoms. The third kappa shape index (κ3) is 9.30. The number of benzene rings is 4. The van der Waals surface area contributed by atoms with Crippen molar-refractivity contribution >= 4 is 23.2 Å². The second kappa shape index (κ2) is 16.1. The molecular formula is C35H37Cl2NO4. The lowest BCUT2D eigenvalue weighted by Gasteiger charge is -2.39. The average molecular weight is 607 g/mol. The van der Waals surface area contributed by atoms with Gasteiger partial charge in [-0.05, 0) is 58.7 Å². The fourth-order valence-corrected chi connectivity index (χ4v) is 5.34. The van der Waals surface area contributed by atoms with Gasteiger partial charge in [0, 0.05) is 35.5 Å². The molecule has 1 heterocycles. The summed E-state index contributed by atoms with van der Waals surface area (Å²) in [7, 11) is 0. The average Bonchev–Trinajstić information content (AvgIpc) is 3.03. The van der Waals surface area contributed by atoms with Gasteiger partial charge in [-0.15, -0.1) is 0 Å². The maximum Gasteiger partial charge on any atom is 0.119 e. The number of piperidine rings is 1. The van der Waals surface area contributed by atoms with E-state index in [9.17, 15) is 0 Å². The second-order valence-corrected chi connectivity index (χ2v) is 11.3. The molecule has 5 nitrogen and oxygen atoms in total. The molecule has 4 aromatic rings. The Bertz CT molecular complexity index is 1280. The molecule has 4 aromatic carbocycles. The van der Waals surface area contributed by atoms with Crippen molar-refractivity contribution in [2.24, 2.45) is 0 Å². The molecule has 0 amide bonds. The van der Waals surface area contributed by atoms with E-state index in [1.807, 2.05) is 78.9 Å². The van der Waals surface area contributed by atoms with Gasteiger partial charge in [0.1, 0.15) is 5.75 Å². The Hall–Kier alpha value is -2.90. The summed E-state index contributed by atoms with van der Waals surface area (Å²) in [6, 6.07) is 34.1. The molecule has 220 valence electrons. The highest BCUT2D eigenvalue weighted by molar-refractivity contribution is 6.30. The number of hydrogen-bond donors (Lipinski definition) is 1. The number of hydrogen-bond acceptors (Lipinski definition) is 5. The van der Waals surface area contributed by atoms with Crippen LogP contribution in [0.15, 0.2) is 103 Å². The molecule has 1 N–H and O–H groups in total. The maximum atomic E-state index is 6.49. The lowest BCUT2D eigenvalue weighted by molar-refractivity contribution is -0.0650. The fourth-order valence-electron chi connectivity index (χ4n) is 5.09. The highest BCUT2D eigenvalue weighted by Gasteiger charge is 2.36. The number of nitrogens with one attached hydrogen (secondary N) is 1. The first-order chi connectivity index (χ1) is 20.6. The Morgan fingerprint density at radius 1 is 0.595 bits per heavy atom. The van der Waals surface area contributed by atoms with Crippen LogP contribution in [0, 0.1) is 0 Å². The van der Waals surface area contributed by atoms with Crippen molar-refractivity contribution in [3.05, 3.63) is 135 Å². The predicted molar refractivity (Wildman–Crippen MR) is 168 cm³/mol. The topological polar surface area (TPSA) is 49.0 Å². The zero-order valence-corrected chi connectivity index (χ0v) is 25.1. The first-order valence-electron chi connectivity index (χ1n) is 14.4. The van der Waals surface area contributed by atoms with Crippen molar-refractivity contribution in [3.63, 3.8) is 0 Å². The smallest absolute Gasteiger partial charge is 0.119 e. The molecule has 0 spiro atoms. The van der Waals surface area contributed by atoms with Crippen LogP contribution in [-0.2, 0) is 34.0 Å². The molecule has 1 saturated heterocycles. The van der Waals surface area contributed by atoms with Crippen molar-refractivity contribution in [2.75, 3.05) is 26.3 Å². The lowest BCUT2D eigenvalue weighted by atomic mass is 9.85. The van der Waals surface area contributed by atoms with Crippen LogP contribution in [0.25, 0.3) is 0 Å². The van der Waals surface area contributed by atoms with Crippen LogP contribution in [0.2, 0.25) is 10.0 Å². The van der Waals surface area contributed by atoms with Gasteiger partial charge in [-0.3, -0.25) is 0 Å². The van der Waals surface area contributed by atoms with Gasteiger partial charge >= 0.3 is 0 Å². The first kappa shape index (κ1) is 30.6. The van der Waals surface area contributed by atoms with Crippen LogP contribution >= 0.6 is 23.2 Å². The van der Waals surface area contributed by atoms with Crippen molar-refractivity contribution in [2.45, 2.75) is 44.4 Å². The van der Waals surface area contributed by atoms with Crippen LogP contribution in [0.4, 0.5) is 0 Å². The van der Waals surface area contributed by atoms with E-state index in [4.69, 9.17) is 42.1 Å².